The van der Waals surface area contributed by atoms with E-state index in [0.29, 0.717) is 50.5 Å². The van der Waals surface area contributed by atoms with Crippen LogP contribution >= 0.6 is 0 Å². The number of methoxy groups -OCH3 is 4. The van der Waals surface area contributed by atoms with Crippen molar-refractivity contribution in [3.8, 4) is 0 Å². The van der Waals surface area contributed by atoms with Crippen LogP contribution in [-0.2, 0) is 56.8 Å². The molecule has 2 saturated heterocycles. The van der Waals surface area contributed by atoms with Crippen molar-refractivity contribution in [3.05, 3.63) is 47.6 Å². The fourth-order valence-corrected chi connectivity index (χ4v) is 12.0. The third kappa shape index (κ3) is 16.2. The van der Waals surface area contributed by atoms with Crippen LogP contribution in [0.15, 0.2) is 47.6 Å². The molecule has 70 heavy (non-hydrogen) atoms. The number of hydrogen-bond acceptors (Lipinski definition) is 13. The van der Waals surface area contributed by atoms with Crippen LogP contribution in [0.5, 0.6) is 0 Å². The van der Waals surface area contributed by atoms with E-state index < -0.39 is 80.2 Å². The lowest BCUT2D eigenvalue weighted by Crippen LogP contribution is -2.61. The van der Waals surface area contributed by atoms with Crippen LogP contribution in [0.4, 0.5) is 0 Å². The Balaban J connectivity index is 1.76. The Bertz CT molecular complexity index is 1890. The molecular formula is C55H89NO13Si. The first-order valence-corrected chi connectivity index (χ1v) is 29.4. The summed E-state index contributed by atoms with van der Waals surface area (Å²) in [6.07, 6.45) is 14.2. The third-order valence-electron chi connectivity index (χ3n) is 15.2. The number of rotatable bonds is 9. The van der Waals surface area contributed by atoms with Crippen LogP contribution in [0.1, 0.15) is 126 Å². The van der Waals surface area contributed by atoms with Crippen molar-refractivity contribution < 1.29 is 61.9 Å². The van der Waals surface area contributed by atoms with Gasteiger partial charge in [0, 0.05) is 65.6 Å². The molecule has 3 aliphatic heterocycles. The SMILES string of the molecule is CO[C@H]1C[C@@H]2CC[C@@H](C)[C@@](O)(O2)C(=O)C(=O)N2CCCC[C@H]2C(=O)O[C@H]([C@H](C)C[C@@H]2CC[C@@H](OC)[C@H](OC)C2)CC(=O)[C@H](C)/C=C(\C)[C@@H](O[Si](C)(C)C)[C@@H](OC)C(=O)[C@H](C)C[C@H](C)/C=C/C=C/C=C/1C. The highest BCUT2D eigenvalue weighted by Gasteiger charge is 2.53. The summed E-state index contributed by atoms with van der Waals surface area (Å²) in [6, 6.07) is -1.11. The van der Waals surface area contributed by atoms with Crippen LogP contribution in [0.25, 0.3) is 0 Å². The van der Waals surface area contributed by atoms with Gasteiger partial charge in [-0.1, -0.05) is 71.1 Å². The van der Waals surface area contributed by atoms with Crippen molar-refractivity contribution in [2.24, 2.45) is 35.5 Å². The van der Waals surface area contributed by atoms with Crippen molar-refractivity contribution in [3.63, 3.8) is 0 Å². The summed E-state index contributed by atoms with van der Waals surface area (Å²) in [5.74, 6) is -7.19. The Kier molecular flexibility index (Phi) is 23.1. The Morgan fingerprint density at radius 1 is 0.800 bits per heavy atom. The van der Waals surface area contributed by atoms with E-state index in [1.165, 1.54) is 12.0 Å². The molecule has 0 unspecified atom stereocenters. The summed E-state index contributed by atoms with van der Waals surface area (Å²) in [4.78, 5) is 73.3. The molecule has 1 saturated carbocycles. The number of nitrogens with zero attached hydrogens (tertiary/aromatic N) is 1. The first kappa shape index (κ1) is 59.4. The maximum absolute atomic E-state index is 14.6. The number of carbonyl (C=O) groups is 5. The van der Waals surface area contributed by atoms with Crippen molar-refractivity contribution in [2.45, 2.75) is 200 Å². The van der Waals surface area contributed by atoms with Gasteiger partial charge >= 0.3 is 5.97 Å². The van der Waals surface area contributed by atoms with E-state index in [4.69, 9.17) is 32.8 Å². The van der Waals surface area contributed by atoms with Gasteiger partial charge in [-0.2, -0.15) is 0 Å². The molecule has 3 fully saturated rings. The van der Waals surface area contributed by atoms with E-state index in [1.807, 2.05) is 58.1 Å². The summed E-state index contributed by atoms with van der Waals surface area (Å²) >= 11 is 0. The Morgan fingerprint density at radius 3 is 2.14 bits per heavy atom. The molecule has 1 N–H and O–H groups in total. The molecule has 0 spiro atoms. The molecule has 0 radical (unpaired) electrons. The molecule has 2 bridgehead atoms. The molecule has 0 aromatic heterocycles. The number of cyclic esters (lactones) is 1. The number of ether oxygens (including phenoxy) is 6. The number of ketones is 3. The molecule has 396 valence electrons. The zero-order chi connectivity index (χ0) is 52.1. The number of Topliss-reactive ketones (excluding diaryl/α,β-unsaturated/α-hetero) is 3. The summed E-state index contributed by atoms with van der Waals surface area (Å²) in [5, 5.41) is 12.0. The van der Waals surface area contributed by atoms with Crippen LogP contribution in [0, 0.1) is 35.5 Å². The summed E-state index contributed by atoms with van der Waals surface area (Å²) in [6.45, 7) is 19.5. The first-order chi connectivity index (χ1) is 33.0. The molecule has 4 rings (SSSR count). The van der Waals surface area contributed by atoms with Gasteiger partial charge in [-0.15, -0.1) is 0 Å². The lowest BCUT2D eigenvalue weighted by atomic mass is 9.78. The zero-order valence-corrected chi connectivity index (χ0v) is 46.0. The fraction of sp³-hybridized carbons (Fsp3) is 0.764. The number of aliphatic hydroxyl groups is 1. The number of amides is 1. The third-order valence-corrected chi connectivity index (χ3v) is 16.2. The number of carbonyl (C=O) groups excluding carboxylic acids is 5. The predicted octanol–water partition coefficient (Wildman–Crippen LogP) is 8.69. The minimum Gasteiger partial charge on any atom is -0.460 e. The van der Waals surface area contributed by atoms with Gasteiger partial charge in [0.1, 0.15) is 24.0 Å². The quantitative estimate of drug-likeness (QED) is 0.101. The molecular weight excluding hydrogens is 911 g/mol. The molecule has 0 aromatic rings. The molecule has 3 heterocycles. The second-order valence-corrected chi connectivity index (χ2v) is 26.5. The van der Waals surface area contributed by atoms with E-state index in [1.54, 1.807) is 35.2 Å². The maximum Gasteiger partial charge on any atom is 0.329 e. The average Bonchev–Trinajstić information content (AvgIpc) is 3.32. The summed E-state index contributed by atoms with van der Waals surface area (Å²) in [7, 11) is 4.21. The molecule has 14 nitrogen and oxygen atoms in total. The van der Waals surface area contributed by atoms with E-state index >= 15 is 0 Å². The van der Waals surface area contributed by atoms with Crippen LogP contribution < -0.4 is 0 Å². The molecule has 4 aliphatic rings. The Labute approximate surface area is 420 Å². The van der Waals surface area contributed by atoms with Gasteiger partial charge in [0.2, 0.25) is 5.79 Å². The standard InChI is InChI=1S/C55H89NO13Si/c1-34-20-16-15-17-21-35(2)46(64-9)32-42-25-23-40(7)55(62,68-42)52(59)53(60)56-27-19-18-22-43(56)54(61)67-47(37(4)30-41-24-26-45(63-8)48(31-41)65-10)33-44(57)36(3)29-39(6)50(69-70(12,13)14)51(66-11)49(58)38(5)28-34/h15-17,20-21,29,34,36-38,40-43,45-48,50-51,62H,18-19,22-28,30-33H2,1-14H3/b17-15+,20-16+,35-21+,39-29+/t34-,36-,37-,38-,40-,41+,42+,43+,45-,46+,47+,48-,50-,51+,55-/m1/s1. The highest BCUT2D eigenvalue weighted by atomic mass is 28.4. The van der Waals surface area contributed by atoms with Crippen LogP contribution in [0.2, 0.25) is 19.6 Å². The number of allylic oxidation sites excluding steroid dienone is 6. The van der Waals surface area contributed by atoms with Gasteiger partial charge in [-0.25, -0.2) is 4.79 Å². The van der Waals surface area contributed by atoms with E-state index in [2.05, 4.69) is 32.6 Å². The van der Waals surface area contributed by atoms with Gasteiger partial charge < -0.3 is 42.9 Å². The number of fused-ring (bicyclic) bond motifs is 3. The van der Waals surface area contributed by atoms with Gasteiger partial charge in [-0.05, 0) is 127 Å². The minimum absolute atomic E-state index is 0.0254. The number of piperidine rings is 1. The Hall–Kier alpha value is -3.15. The predicted molar refractivity (Wildman–Crippen MR) is 272 cm³/mol. The largest absolute Gasteiger partial charge is 0.460 e. The minimum atomic E-state index is -2.41. The van der Waals surface area contributed by atoms with Crippen molar-refractivity contribution >= 4 is 37.5 Å². The molecule has 1 aliphatic carbocycles. The van der Waals surface area contributed by atoms with Crippen molar-refractivity contribution in [1.82, 2.24) is 4.90 Å². The smallest absolute Gasteiger partial charge is 0.329 e. The molecule has 15 atom stereocenters. The molecule has 0 aromatic carbocycles. The van der Waals surface area contributed by atoms with E-state index in [0.717, 1.165) is 24.8 Å². The average molecular weight is 1000 g/mol. The second-order valence-electron chi connectivity index (χ2n) is 22.0. The monoisotopic (exact) mass is 1000 g/mol. The van der Waals surface area contributed by atoms with Crippen molar-refractivity contribution in [1.29, 1.82) is 0 Å². The van der Waals surface area contributed by atoms with Gasteiger partial charge in [0.15, 0.2) is 14.1 Å². The number of esters is 1. The normalized spacial score (nSPS) is 38.6. The second kappa shape index (κ2) is 27.2. The first-order valence-electron chi connectivity index (χ1n) is 26.0. The van der Waals surface area contributed by atoms with E-state index in [-0.39, 0.29) is 66.8 Å². The topological polar surface area (TPSA) is 173 Å². The highest BCUT2D eigenvalue weighted by molar-refractivity contribution is 6.69. The molecule has 1 amide bonds. The van der Waals surface area contributed by atoms with Crippen LogP contribution in [-0.4, -0.2) is 137 Å². The summed E-state index contributed by atoms with van der Waals surface area (Å²) in [5.41, 5.74) is 1.60. The van der Waals surface area contributed by atoms with Crippen molar-refractivity contribution in [2.75, 3.05) is 35.0 Å². The maximum atomic E-state index is 14.6. The Morgan fingerprint density at radius 2 is 1.50 bits per heavy atom. The summed E-state index contributed by atoms with van der Waals surface area (Å²) < 4.78 is 42.7. The lowest BCUT2D eigenvalue weighted by Gasteiger charge is -2.42. The van der Waals surface area contributed by atoms with Gasteiger partial charge in [-0.3, -0.25) is 19.2 Å². The zero-order valence-electron chi connectivity index (χ0n) is 45.0. The number of hydrogen-bond donors (Lipinski definition) is 1. The van der Waals surface area contributed by atoms with Gasteiger partial charge in [0.25, 0.3) is 11.7 Å². The van der Waals surface area contributed by atoms with Crippen LogP contribution in [0.3, 0.4) is 0 Å². The molecule has 15 heteroatoms. The lowest BCUT2D eigenvalue weighted by molar-refractivity contribution is -0.265. The fourth-order valence-electron chi connectivity index (χ4n) is 10.9. The highest BCUT2D eigenvalue weighted by Crippen LogP contribution is 2.38. The van der Waals surface area contributed by atoms with Gasteiger partial charge in [0.05, 0.1) is 30.5 Å². The van der Waals surface area contributed by atoms with E-state index in [9.17, 15) is 29.1 Å².